The number of carbonyl (C=O) groups is 1. The fourth-order valence-electron chi connectivity index (χ4n) is 0.517. The molecule has 0 aromatic carbocycles. The van der Waals surface area contributed by atoms with Crippen molar-refractivity contribution in [2.24, 2.45) is 17.6 Å². The minimum absolute atomic E-state index is 0.500. The van der Waals surface area contributed by atoms with Gasteiger partial charge in [0.1, 0.15) is 0 Å². The molecule has 0 saturated carbocycles. The summed E-state index contributed by atoms with van der Waals surface area (Å²) in [4.78, 5) is 10.4. The van der Waals surface area contributed by atoms with E-state index in [-0.39, 0.29) is 0 Å². The van der Waals surface area contributed by atoms with Crippen molar-refractivity contribution < 1.29 is 15.0 Å². The summed E-state index contributed by atoms with van der Waals surface area (Å²) in [5.41, 5.74) is 4.91. The summed E-state index contributed by atoms with van der Waals surface area (Å²) in [6.45, 7) is 3.12. The Labute approximate surface area is 59.7 Å². The van der Waals surface area contributed by atoms with E-state index in [4.69, 9.17) is 15.9 Å². The van der Waals surface area contributed by atoms with Crippen LogP contribution in [0.15, 0.2) is 0 Å². The van der Waals surface area contributed by atoms with Crippen molar-refractivity contribution in [3.8, 4) is 0 Å². The highest BCUT2D eigenvalue weighted by Crippen LogP contribution is 2.12. The zero-order valence-electron chi connectivity index (χ0n) is 6.11. The van der Waals surface area contributed by atoms with E-state index in [1.54, 1.807) is 13.8 Å². The monoisotopic (exact) mass is 147 g/mol. The largest absolute Gasteiger partial charge is 0.369 e. The second-order valence-corrected chi connectivity index (χ2v) is 2.46. The summed E-state index contributed by atoms with van der Waals surface area (Å²) in [5, 5.41) is 17.2. The van der Waals surface area contributed by atoms with Crippen LogP contribution in [0.25, 0.3) is 0 Å². The van der Waals surface area contributed by atoms with Gasteiger partial charge in [0.25, 0.3) is 0 Å². The average Bonchev–Trinajstić information content (AvgIpc) is 1.84. The molecule has 0 aliphatic rings. The molecule has 0 aromatic rings. The van der Waals surface area contributed by atoms with Crippen LogP contribution < -0.4 is 5.73 Å². The second-order valence-electron chi connectivity index (χ2n) is 2.46. The van der Waals surface area contributed by atoms with E-state index in [2.05, 4.69) is 0 Å². The first-order chi connectivity index (χ1) is 4.46. The molecule has 4 nitrogen and oxygen atoms in total. The molecule has 0 heterocycles. The third kappa shape index (κ3) is 2.33. The molecule has 4 N–H and O–H groups in total. The van der Waals surface area contributed by atoms with Gasteiger partial charge in [-0.2, -0.15) is 0 Å². The lowest BCUT2D eigenvalue weighted by Gasteiger charge is -2.17. The van der Waals surface area contributed by atoms with Gasteiger partial charge in [-0.25, -0.2) is 0 Å². The highest BCUT2D eigenvalue weighted by atomic mass is 16.5. The number of hydrogen-bond acceptors (Lipinski definition) is 3. The van der Waals surface area contributed by atoms with Gasteiger partial charge < -0.3 is 15.9 Å². The van der Waals surface area contributed by atoms with E-state index in [0.717, 1.165) is 0 Å². The number of primary amides is 1. The molecule has 60 valence electrons. The fourth-order valence-corrected chi connectivity index (χ4v) is 0.517. The summed E-state index contributed by atoms with van der Waals surface area (Å²) in [5.74, 6) is -1.52. The van der Waals surface area contributed by atoms with Gasteiger partial charge in [-0.3, -0.25) is 4.79 Å². The molecule has 0 radical (unpaired) electrons. The zero-order chi connectivity index (χ0) is 8.31. The van der Waals surface area contributed by atoms with Crippen LogP contribution in [0.1, 0.15) is 13.8 Å². The van der Waals surface area contributed by atoms with Crippen molar-refractivity contribution in [2.45, 2.75) is 20.1 Å². The lowest BCUT2D eigenvalue weighted by molar-refractivity contribution is -0.132. The molecule has 0 bridgehead atoms. The van der Waals surface area contributed by atoms with E-state index < -0.39 is 24.0 Å². The highest BCUT2D eigenvalue weighted by Gasteiger charge is 2.22. The topological polar surface area (TPSA) is 83.6 Å². The Hall–Kier alpha value is -0.610. The van der Waals surface area contributed by atoms with Crippen LogP contribution in [-0.4, -0.2) is 22.4 Å². The summed E-state index contributed by atoms with van der Waals surface area (Å²) in [7, 11) is 0. The van der Waals surface area contributed by atoms with Crippen LogP contribution in [0.4, 0.5) is 0 Å². The highest BCUT2D eigenvalue weighted by molar-refractivity contribution is 5.76. The molecule has 0 aliphatic heterocycles. The Balaban J connectivity index is 3.94. The first-order valence-electron chi connectivity index (χ1n) is 3.12. The molecular weight excluding hydrogens is 134 g/mol. The van der Waals surface area contributed by atoms with Gasteiger partial charge in [0.05, 0.1) is 0 Å². The molecule has 0 fully saturated rings. The Morgan fingerprint density at radius 1 is 1.40 bits per heavy atom. The van der Waals surface area contributed by atoms with Crippen molar-refractivity contribution in [2.75, 3.05) is 0 Å². The number of aliphatic hydroxyl groups excluding tert-OH is 1. The third-order valence-corrected chi connectivity index (χ3v) is 1.71. The van der Waals surface area contributed by atoms with E-state index in [0.29, 0.717) is 0 Å². The maximum atomic E-state index is 10.4. The van der Waals surface area contributed by atoms with Crippen molar-refractivity contribution in [3.05, 3.63) is 0 Å². The van der Waals surface area contributed by atoms with Gasteiger partial charge in [-0.15, -0.1) is 0 Å². The molecule has 0 saturated heterocycles. The summed E-state index contributed by atoms with van der Waals surface area (Å²) in [6.07, 6.45) is -1.47. The minimum atomic E-state index is -1.47. The number of carbonyl (C=O) groups excluding carboxylic acids is 1. The van der Waals surface area contributed by atoms with Gasteiger partial charge in [-0.1, -0.05) is 13.8 Å². The molecule has 4 heteroatoms. The Morgan fingerprint density at radius 2 is 1.80 bits per heavy atom. The Kier molecular flexibility index (Phi) is 3.32. The molecule has 0 rings (SSSR count). The Morgan fingerprint density at radius 3 is 1.90 bits per heavy atom. The normalized spacial score (nSPS) is 16.9. The quantitative estimate of drug-likeness (QED) is 0.450. The van der Waals surface area contributed by atoms with Gasteiger partial charge in [-0.05, 0) is 0 Å². The van der Waals surface area contributed by atoms with Crippen LogP contribution in [0.3, 0.4) is 0 Å². The van der Waals surface area contributed by atoms with Crippen LogP contribution in [0, 0.1) is 11.8 Å². The SMILES string of the molecule is CC(C(N)=O)C(C)C(O)O. The molecule has 1 amide bonds. The van der Waals surface area contributed by atoms with Gasteiger partial charge in [0, 0.05) is 11.8 Å². The first kappa shape index (κ1) is 9.39. The van der Waals surface area contributed by atoms with Crippen molar-refractivity contribution in [1.82, 2.24) is 0 Å². The van der Waals surface area contributed by atoms with Gasteiger partial charge in [0.15, 0.2) is 6.29 Å². The van der Waals surface area contributed by atoms with E-state index >= 15 is 0 Å². The first-order valence-corrected chi connectivity index (χ1v) is 3.12. The lowest BCUT2D eigenvalue weighted by atomic mass is 9.95. The second kappa shape index (κ2) is 3.53. The maximum absolute atomic E-state index is 10.4. The molecule has 2 unspecified atom stereocenters. The molecule has 0 aromatic heterocycles. The summed E-state index contributed by atoms with van der Waals surface area (Å²) >= 11 is 0. The molecule has 0 spiro atoms. The maximum Gasteiger partial charge on any atom is 0.220 e. The fraction of sp³-hybridized carbons (Fsp3) is 0.833. The number of nitrogens with two attached hydrogens (primary N) is 1. The smallest absolute Gasteiger partial charge is 0.220 e. The van der Waals surface area contributed by atoms with Crippen molar-refractivity contribution in [3.63, 3.8) is 0 Å². The van der Waals surface area contributed by atoms with Crippen LogP contribution in [0.2, 0.25) is 0 Å². The predicted octanol–water partition coefficient (Wildman–Crippen LogP) is -0.945. The van der Waals surface area contributed by atoms with Crippen molar-refractivity contribution in [1.29, 1.82) is 0 Å². The lowest BCUT2D eigenvalue weighted by Crippen LogP contribution is -2.32. The van der Waals surface area contributed by atoms with E-state index in [1.165, 1.54) is 0 Å². The van der Waals surface area contributed by atoms with Gasteiger partial charge in [0.2, 0.25) is 5.91 Å². The number of rotatable bonds is 3. The third-order valence-electron chi connectivity index (χ3n) is 1.71. The molecular formula is C6H13NO3. The van der Waals surface area contributed by atoms with Crippen LogP contribution >= 0.6 is 0 Å². The average molecular weight is 147 g/mol. The van der Waals surface area contributed by atoms with Crippen molar-refractivity contribution >= 4 is 5.91 Å². The van der Waals surface area contributed by atoms with E-state index in [1.807, 2.05) is 0 Å². The van der Waals surface area contributed by atoms with Gasteiger partial charge >= 0.3 is 0 Å². The number of hydrogen-bond donors (Lipinski definition) is 3. The number of amides is 1. The summed E-state index contributed by atoms with van der Waals surface area (Å²) < 4.78 is 0. The molecule has 10 heavy (non-hydrogen) atoms. The van der Waals surface area contributed by atoms with Crippen LogP contribution in [-0.2, 0) is 4.79 Å². The van der Waals surface area contributed by atoms with Crippen LogP contribution in [0.5, 0.6) is 0 Å². The predicted molar refractivity (Wildman–Crippen MR) is 35.7 cm³/mol. The minimum Gasteiger partial charge on any atom is -0.369 e. The standard InChI is InChI=1S/C6H13NO3/c1-3(5(7)8)4(2)6(9)10/h3-4,6,9-10H,1-2H3,(H2,7,8). The summed E-state index contributed by atoms with van der Waals surface area (Å²) in [6, 6.07) is 0. The molecule has 0 aliphatic carbocycles. The van der Waals surface area contributed by atoms with E-state index in [9.17, 15) is 4.79 Å². The Bertz CT molecular complexity index is 124. The molecule has 2 atom stereocenters. The number of aliphatic hydroxyl groups is 2. The zero-order valence-corrected chi connectivity index (χ0v) is 6.11.